The highest BCUT2D eigenvalue weighted by Crippen LogP contribution is 2.31. The van der Waals surface area contributed by atoms with Gasteiger partial charge in [0, 0.05) is 13.4 Å². The monoisotopic (exact) mass is 372 g/mol. The van der Waals surface area contributed by atoms with Gasteiger partial charge in [-0.05, 0) is 65.1 Å². The second-order valence-electron chi connectivity index (χ2n) is 3.54. The van der Waals surface area contributed by atoms with Gasteiger partial charge in [-0.15, -0.1) is 0 Å². The number of hydrogen-bond donors (Lipinski definition) is 2. The van der Waals surface area contributed by atoms with Gasteiger partial charge in [-0.25, -0.2) is 4.79 Å². The summed E-state index contributed by atoms with van der Waals surface area (Å²) >= 11 is 3.70. The summed E-state index contributed by atoms with van der Waals surface area (Å²) in [6, 6.07) is 12.5. The van der Waals surface area contributed by atoms with Gasteiger partial charge in [0.1, 0.15) is 11.3 Å². The van der Waals surface area contributed by atoms with Crippen molar-refractivity contribution >= 4 is 40.3 Å². The van der Waals surface area contributed by atoms with E-state index in [1.807, 2.05) is 24.3 Å². The van der Waals surface area contributed by atoms with Crippen LogP contribution in [-0.4, -0.2) is 16.2 Å². The Morgan fingerprint density at radius 2 is 1.67 bits per heavy atom. The molecule has 2 rings (SSSR count). The summed E-state index contributed by atoms with van der Waals surface area (Å²) in [5.41, 5.74) is -0.0815. The summed E-state index contributed by atoms with van der Waals surface area (Å²) in [7, 11) is 0. The lowest BCUT2D eigenvalue weighted by Gasteiger charge is -2.04. The van der Waals surface area contributed by atoms with Crippen molar-refractivity contribution < 1.29 is 15.0 Å². The molecule has 92 valence electrons. The highest BCUT2D eigenvalue weighted by molar-refractivity contribution is 14.1. The Balaban J connectivity index is 2.22. The zero-order valence-corrected chi connectivity index (χ0v) is 12.1. The number of benzene rings is 2. The number of hydrogen-bond acceptors (Lipinski definition) is 3. The van der Waals surface area contributed by atoms with Crippen molar-refractivity contribution in [3.05, 3.63) is 51.6 Å². The Bertz CT molecular complexity index is 581. The van der Waals surface area contributed by atoms with Crippen LogP contribution in [0.5, 0.6) is 5.75 Å². The van der Waals surface area contributed by atoms with Gasteiger partial charge in [0.2, 0.25) is 0 Å². The van der Waals surface area contributed by atoms with Crippen LogP contribution in [0, 0.1) is 3.57 Å². The van der Waals surface area contributed by atoms with Gasteiger partial charge in [0.15, 0.2) is 0 Å². The third-order valence-corrected chi connectivity index (χ3v) is 3.97. The van der Waals surface area contributed by atoms with E-state index in [0.717, 1.165) is 13.4 Å². The zero-order valence-electron chi connectivity index (χ0n) is 9.13. The summed E-state index contributed by atoms with van der Waals surface area (Å²) in [6.07, 6.45) is 0. The van der Waals surface area contributed by atoms with Crippen LogP contribution in [0.2, 0.25) is 0 Å². The molecule has 0 atom stereocenters. The molecule has 0 spiro atoms. The van der Waals surface area contributed by atoms with Crippen molar-refractivity contribution in [1.82, 2.24) is 0 Å². The third-order valence-electron chi connectivity index (χ3n) is 2.25. The minimum absolute atomic E-state index is 0.0815. The van der Waals surface area contributed by atoms with Gasteiger partial charge in [0.25, 0.3) is 0 Å². The molecule has 0 saturated carbocycles. The number of carboxylic acid groups (broad SMARTS) is 1. The summed E-state index contributed by atoms with van der Waals surface area (Å²) in [4.78, 5) is 12.6. The summed E-state index contributed by atoms with van der Waals surface area (Å²) in [5.74, 6) is -1.34. The Morgan fingerprint density at radius 1 is 1.06 bits per heavy atom. The molecular weight excluding hydrogens is 363 g/mol. The number of phenols is 1. The number of halogens is 1. The van der Waals surface area contributed by atoms with Crippen LogP contribution >= 0.6 is 34.4 Å². The first-order chi connectivity index (χ1) is 8.56. The largest absolute Gasteiger partial charge is 0.507 e. The summed E-state index contributed by atoms with van der Waals surface area (Å²) < 4.78 is 1.15. The normalized spacial score (nSPS) is 10.3. The van der Waals surface area contributed by atoms with E-state index < -0.39 is 5.97 Å². The molecule has 2 N–H and O–H groups in total. The lowest BCUT2D eigenvalue weighted by Crippen LogP contribution is -1.96. The van der Waals surface area contributed by atoms with Gasteiger partial charge < -0.3 is 10.2 Å². The minimum Gasteiger partial charge on any atom is -0.507 e. The Morgan fingerprint density at radius 3 is 2.22 bits per heavy atom. The SMILES string of the molecule is O=C(O)c1ccc(Sc2ccc(I)cc2)cc1O. The first-order valence-corrected chi connectivity index (χ1v) is 6.95. The molecule has 0 bridgehead atoms. The smallest absolute Gasteiger partial charge is 0.339 e. The quantitative estimate of drug-likeness (QED) is 0.804. The molecule has 0 unspecified atom stereocenters. The molecule has 0 radical (unpaired) electrons. The van der Waals surface area contributed by atoms with Crippen molar-refractivity contribution in [2.45, 2.75) is 9.79 Å². The number of carbonyl (C=O) groups is 1. The van der Waals surface area contributed by atoms with Gasteiger partial charge in [-0.1, -0.05) is 11.8 Å². The van der Waals surface area contributed by atoms with E-state index in [-0.39, 0.29) is 11.3 Å². The van der Waals surface area contributed by atoms with Crippen LogP contribution in [0.3, 0.4) is 0 Å². The van der Waals surface area contributed by atoms with Crippen LogP contribution in [0.1, 0.15) is 10.4 Å². The van der Waals surface area contributed by atoms with E-state index in [9.17, 15) is 9.90 Å². The fourth-order valence-electron chi connectivity index (χ4n) is 1.39. The molecule has 0 saturated heterocycles. The average Bonchev–Trinajstić information content (AvgIpc) is 2.32. The molecule has 0 aliphatic heterocycles. The molecule has 0 aliphatic carbocycles. The van der Waals surface area contributed by atoms with Crippen LogP contribution < -0.4 is 0 Å². The molecule has 18 heavy (non-hydrogen) atoms. The number of carboxylic acids is 1. The van der Waals surface area contributed by atoms with E-state index in [2.05, 4.69) is 22.6 Å². The molecule has 0 fully saturated rings. The second-order valence-corrected chi connectivity index (χ2v) is 5.93. The van der Waals surface area contributed by atoms with Crippen LogP contribution in [-0.2, 0) is 0 Å². The lowest BCUT2D eigenvalue weighted by atomic mass is 10.2. The van der Waals surface area contributed by atoms with E-state index in [4.69, 9.17) is 5.11 Å². The molecular formula is C13H9IO3S. The first kappa shape index (κ1) is 13.2. The standard InChI is InChI=1S/C13H9IO3S/c14-8-1-3-9(4-2-8)18-10-5-6-11(13(16)17)12(15)7-10/h1-7,15H,(H,16,17). The third kappa shape index (κ3) is 3.17. The first-order valence-electron chi connectivity index (χ1n) is 5.06. The van der Waals surface area contributed by atoms with E-state index in [1.54, 1.807) is 6.07 Å². The highest BCUT2D eigenvalue weighted by atomic mass is 127. The molecule has 2 aromatic rings. The lowest BCUT2D eigenvalue weighted by molar-refractivity contribution is 0.0693. The molecule has 0 aliphatic rings. The average molecular weight is 372 g/mol. The van der Waals surface area contributed by atoms with Crippen LogP contribution in [0.15, 0.2) is 52.3 Å². The van der Waals surface area contributed by atoms with Crippen molar-refractivity contribution in [2.75, 3.05) is 0 Å². The summed E-state index contributed by atoms with van der Waals surface area (Å²) in [5, 5.41) is 18.4. The van der Waals surface area contributed by atoms with Gasteiger partial charge in [0.05, 0.1) is 0 Å². The number of aromatic carboxylic acids is 1. The fourth-order valence-corrected chi connectivity index (χ4v) is 2.61. The topological polar surface area (TPSA) is 57.5 Å². The summed E-state index contributed by atoms with van der Waals surface area (Å²) in [6.45, 7) is 0. The van der Waals surface area contributed by atoms with E-state index in [0.29, 0.717) is 0 Å². The molecule has 2 aromatic carbocycles. The maximum atomic E-state index is 10.8. The van der Waals surface area contributed by atoms with Crippen molar-refractivity contribution in [3.8, 4) is 5.75 Å². The molecule has 3 nitrogen and oxygen atoms in total. The Hall–Kier alpha value is -1.21. The van der Waals surface area contributed by atoms with E-state index in [1.165, 1.54) is 23.9 Å². The minimum atomic E-state index is -1.13. The number of aromatic hydroxyl groups is 1. The molecule has 0 amide bonds. The zero-order chi connectivity index (χ0) is 13.1. The molecule has 0 heterocycles. The number of rotatable bonds is 3. The second kappa shape index (κ2) is 5.62. The van der Waals surface area contributed by atoms with Gasteiger partial charge >= 0.3 is 5.97 Å². The van der Waals surface area contributed by atoms with Crippen molar-refractivity contribution in [2.24, 2.45) is 0 Å². The maximum Gasteiger partial charge on any atom is 0.339 e. The molecule has 0 aromatic heterocycles. The van der Waals surface area contributed by atoms with Gasteiger partial charge in [-0.3, -0.25) is 0 Å². The van der Waals surface area contributed by atoms with E-state index >= 15 is 0 Å². The Labute approximate surface area is 122 Å². The van der Waals surface area contributed by atoms with Crippen molar-refractivity contribution in [3.63, 3.8) is 0 Å². The molecule has 5 heteroatoms. The van der Waals surface area contributed by atoms with Crippen LogP contribution in [0.25, 0.3) is 0 Å². The van der Waals surface area contributed by atoms with Crippen LogP contribution in [0.4, 0.5) is 0 Å². The highest BCUT2D eigenvalue weighted by Gasteiger charge is 2.10. The van der Waals surface area contributed by atoms with Gasteiger partial charge in [-0.2, -0.15) is 0 Å². The van der Waals surface area contributed by atoms with Crippen molar-refractivity contribution in [1.29, 1.82) is 0 Å². The predicted molar refractivity (Wildman–Crippen MR) is 78.3 cm³/mol. The Kier molecular flexibility index (Phi) is 4.13. The predicted octanol–water partition coefficient (Wildman–Crippen LogP) is 3.85. The maximum absolute atomic E-state index is 10.8. The fraction of sp³-hybridized carbons (Fsp3) is 0.